The van der Waals surface area contributed by atoms with Crippen LogP contribution in [-0.2, 0) is 15.8 Å². The Hall–Kier alpha value is -1.33. The summed E-state index contributed by atoms with van der Waals surface area (Å²) < 4.78 is 27.6. The van der Waals surface area contributed by atoms with Crippen LogP contribution < -0.4 is 4.72 Å². The highest BCUT2D eigenvalue weighted by Gasteiger charge is 2.12. The van der Waals surface area contributed by atoms with Crippen molar-refractivity contribution in [3.05, 3.63) is 64.1 Å². The number of hydrogen-bond donors (Lipinski definition) is 1. The molecule has 0 heterocycles. The van der Waals surface area contributed by atoms with Crippen LogP contribution in [0.4, 0.5) is 5.69 Å². The van der Waals surface area contributed by atoms with Gasteiger partial charge in [-0.3, -0.25) is 4.72 Å². The summed E-state index contributed by atoms with van der Waals surface area (Å²) >= 11 is 3.35. The van der Waals surface area contributed by atoms with E-state index in [1.807, 2.05) is 31.2 Å². The molecule has 2 rings (SSSR count). The molecule has 0 aliphatic heterocycles. The van der Waals surface area contributed by atoms with E-state index in [0.717, 1.165) is 15.6 Å². The molecule has 0 spiro atoms. The number of rotatable bonds is 4. The maximum atomic E-state index is 12.1. The lowest BCUT2D eigenvalue weighted by Gasteiger charge is -2.09. The summed E-state index contributed by atoms with van der Waals surface area (Å²) in [5.74, 6) is -0.0284. The van der Waals surface area contributed by atoms with E-state index in [2.05, 4.69) is 20.7 Å². The number of benzene rings is 2. The normalized spacial score (nSPS) is 11.3. The molecule has 0 amide bonds. The Labute approximate surface area is 121 Å². The molecular formula is C14H14BrNO2S. The monoisotopic (exact) mass is 339 g/mol. The lowest BCUT2D eigenvalue weighted by atomic mass is 10.2. The zero-order valence-corrected chi connectivity index (χ0v) is 12.8. The molecule has 19 heavy (non-hydrogen) atoms. The predicted molar refractivity (Wildman–Crippen MR) is 81.6 cm³/mol. The van der Waals surface area contributed by atoms with Gasteiger partial charge in [-0.2, -0.15) is 0 Å². The van der Waals surface area contributed by atoms with E-state index in [1.54, 1.807) is 24.3 Å². The predicted octanol–water partition coefficient (Wildman–Crippen LogP) is 3.70. The molecule has 2 aromatic carbocycles. The average molecular weight is 340 g/mol. The fourth-order valence-corrected chi connectivity index (χ4v) is 3.59. The molecule has 1 N–H and O–H groups in total. The molecule has 0 aromatic heterocycles. The lowest BCUT2D eigenvalue weighted by Crippen LogP contribution is -2.15. The Morgan fingerprint density at radius 2 is 1.79 bits per heavy atom. The molecule has 0 atom stereocenters. The lowest BCUT2D eigenvalue weighted by molar-refractivity contribution is 0.600. The van der Waals surface area contributed by atoms with E-state index < -0.39 is 10.0 Å². The van der Waals surface area contributed by atoms with Gasteiger partial charge in [0.2, 0.25) is 10.0 Å². The number of aryl methyl sites for hydroxylation is 1. The minimum atomic E-state index is -3.39. The van der Waals surface area contributed by atoms with Crippen LogP contribution in [0.15, 0.2) is 53.0 Å². The highest BCUT2D eigenvalue weighted by Crippen LogP contribution is 2.20. The summed E-state index contributed by atoms with van der Waals surface area (Å²) in [4.78, 5) is 0. The van der Waals surface area contributed by atoms with Crippen molar-refractivity contribution in [2.75, 3.05) is 4.72 Å². The number of nitrogens with one attached hydrogen (secondary N) is 1. The van der Waals surface area contributed by atoms with Gasteiger partial charge in [0.1, 0.15) is 0 Å². The Morgan fingerprint density at radius 1 is 1.11 bits per heavy atom. The summed E-state index contributed by atoms with van der Waals surface area (Å²) in [6.07, 6.45) is 0. The van der Waals surface area contributed by atoms with Crippen molar-refractivity contribution in [1.82, 2.24) is 0 Å². The largest absolute Gasteiger partial charge is 0.283 e. The SMILES string of the molecule is Cc1cc(Br)cc(NS(=O)(=O)Cc2ccccc2)c1. The second kappa shape index (κ2) is 5.75. The van der Waals surface area contributed by atoms with Gasteiger partial charge in [-0.25, -0.2) is 8.42 Å². The fraction of sp³-hybridized carbons (Fsp3) is 0.143. The molecule has 5 heteroatoms. The molecule has 100 valence electrons. The van der Waals surface area contributed by atoms with E-state index in [-0.39, 0.29) is 5.75 Å². The fourth-order valence-electron chi connectivity index (χ4n) is 1.80. The molecule has 0 bridgehead atoms. The Balaban J connectivity index is 2.17. The van der Waals surface area contributed by atoms with E-state index in [4.69, 9.17) is 0 Å². The van der Waals surface area contributed by atoms with Crippen LogP contribution in [-0.4, -0.2) is 8.42 Å². The quantitative estimate of drug-likeness (QED) is 0.922. The summed E-state index contributed by atoms with van der Waals surface area (Å²) in [6, 6.07) is 14.6. The number of hydrogen-bond acceptors (Lipinski definition) is 2. The van der Waals surface area contributed by atoms with Crippen molar-refractivity contribution in [1.29, 1.82) is 0 Å². The summed E-state index contributed by atoms with van der Waals surface area (Å²) in [5, 5.41) is 0. The maximum absolute atomic E-state index is 12.1. The van der Waals surface area contributed by atoms with Gasteiger partial charge >= 0.3 is 0 Å². The molecule has 3 nitrogen and oxygen atoms in total. The molecule has 0 aliphatic rings. The second-order valence-electron chi connectivity index (χ2n) is 4.36. The van der Waals surface area contributed by atoms with Gasteiger partial charge in [0.05, 0.1) is 5.75 Å². The molecule has 0 radical (unpaired) electrons. The second-order valence-corrected chi connectivity index (χ2v) is 7.00. The Bertz CT molecular complexity index is 649. The zero-order valence-electron chi connectivity index (χ0n) is 10.4. The molecule has 2 aromatic rings. The third-order valence-corrected chi connectivity index (χ3v) is 4.23. The summed E-state index contributed by atoms with van der Waals surface area (Å²) in [5.41, 5.74) is 2.33. The van der Waals surface area contributed by atoms with Crippen LogP contribution in [0.5, 0.6) is 0 Å². The van der Waals surface area contributed by atoms with Crippen LogP contribution >= 0.6 is 15.9 Å². The van der Waals surface area contributed by atoms with Crippen LogP contribution in [0.3, 0.4) is 0 Å². The van der Waals surface area contributed by atoms with Crippen LogP contribution in [0.25, 0.3) is 0 Å². The average Bonchev–Trinajstić information content (AvgIpc) is 2.27. The Kier molecular flexibility index (Phi) is 4.27. The number of anilines is 1. The minimum Gasteiger partial charge on any atom is -0.283 e. The van der Waals surface area contributed by atoms with Crippen LogP contribution in [0.1, 0.15) is 11.1 Å². The number of sulfonamides is 1. The van der Waals surface area contributed by atoms with Crippen LogP contribution in [0, 0.1) is 6.92 Å². The highest BCUT2D eigenvalue weighted by molar-refractivity contribution is 9.10. The molecule has 0 aliphatic carbocycles. The molecular weight excluding hydrogens is 326 g/mol. The first-order chi connectivity index (χ1) is 8.94. The van der Waals surface area contributed by atoms with Crippen molar-refractivity contribution in [2.24, 2.45) is 0 Å². The van der Waals surface area contributed by atoms with Crippen molar-refractivity contribution in [3.63, 3.8) is 0 Å². The van der Waals surface area contributed by atoms with Gasteiger partial charge in [0, 0.05) is 10.2 Å². The maximum Gasteiger partial charge on any atom is 0.236 e. The van der Waals surface area contributed by atoms with Crippen molar-refractivity contribution in [3.8, 4) is 0 Å². The first-order valence-electron chi connectivity index (χ1n) is 5.76. The van der Waals surface area contributed by atoms with E-state index in [9.17, 15) is 8.42 Å². The number of halogens is 1. The summed E-state index contributed by atoms with van der Waals surface area (Å²) in [7, 11) is -3.39. The third-order valence-electron chi connectivity index (χ3n) is 2.51. The zero-order chi connectivity index (χ0) is 13.9. The van der Waals surface area contributed by atoms with Gasteiger partial charge < -0.3 is 0 Å². The van der Waals surface area contributed by atoms with Crippen molar-refractivity contribution in [2.45, 2.75) is 12.7 Å². The molecule has 0 unspecified atom stereocenters. The standard InChI is InChI=1S/C14H14BrNO2S/c1-11-7-13(15)9-14(8-11)16-19(17,18)10-12-5-3-2-4-6-12/h2-9,16H,10H2,1H3. The van der Waals surface area contributed by atoms with Gasteiger partial charge in [-0.1, -0.05) is 46.3 Å². The molecule has 0 saturated carbocycles. The van der Waals surface area contributed by atoms with E-state index >= 15 is 0 Å². The van der Waals surface area contributed by atoms with Crippen LogP contribution in [0.2, 0.25) is 0 Å². The topological polar surface area (TPSA) is 46.2 Å². The minimum absolute atomic E-state index is 0.0284. The van der Waals surface area contributed by atoms with Gasteiger partial charge in [-0.15, -0.1) is 0 Å². The van der Waals surface area contributed by atoms with Crippen molar-refractivity contribution >= 4 is 31.6 Å². The Morgan fingerprint density at radius 3 is 2.42 bits per heavy atom. The van der Waals surface area contributed by atoms with Gasteiger partial charge in [0.25, 0.3) is 0 Å². The first-order valence-corrected chi connectivity index (χ1v) is 8.21. The molecule has 0 fully saturated rings. The third kappa shape index (κ3) is 4.36. The van der Waals surface area contributed by atoms with Gasteiger partial charge in [0.15, 0.2) is 0 Å². The van der Waals surface area contributed by atoms with E-state index in [0.29, 0.717) is 5.69 Å². The first kappa shape index (κ1) is 14.1. The van der Waals surface area contributed by atoms with Crippen molar-refractivity contribution < 1.29 is 8.42 Å². The van der Waals surface area contributed by atoms with E-state index in [1.165, 1.54) is 0 Å². The summed E-state index contributed by atoms with van der Waals surface area (Å²) in [6.45, 7) is 1.92. The van der Waals surface area contributed by atoms with Gasteiger partial charge in [-0.05, 0) is 36.2 Å². The smallest absolute Gasteiger partial charge is 0.236 e. The molecule has 0 saturated heterocycles. The highest BCUT2D eigenvalue weighted by atomic mass is 79.9.